The van der Waals surface area contributed by atoms with Gasteiger partial charge in [-0.15, -0.1) is 11.8 Å². The molecule has 0 aromatic heterocycles. The molecule has 292 valence electrons. The third-order valence-corrected chi connectivity index (χ3v) is 14.1. The number of thioether (sulfide) groups is 1. The Morgan fingerprint density at radius 1 is 1.09 bits per heavy atom. The number of Topliss-reactive ketones (excluding diaryl/α,β-unsaturated/α-hetero) is 2. The van der Waals surface area contributed by atoms with E-state index >= 15 is 0 Å². The van der Waals surface area contributed by atoms with Crippen molar-refractivity contribution in [3.63, 3.8) is 0 Å². The van der Waals surface area contributed by atoms with Crippen molar-refractivity contribution in [1.29, 1.82) is 5.26 Å². The van der Waals surface area contributed by atoms with Gasteiger partial charge in [-0.1, -0.05) is 0 Å². The van der Waals surface area contributed by atoms with Crippen molar-refractivity contribution in [2.24, 2.45) is 0 Å². The number of phenols is 1. The van der Waals surface area contributed by atoms with Gasteiger partial charge in [0.15, 0.2) is 40.1 Å². The molecule has 7 atom stereocenters. The number of likely N-dealkylation sites (N-methyl/N-ethyl adjacent to an activating group) is 1. The maximum absolute atomic E-state index is 14.7. The van der Waals surface area contributed by atoms with E-state index < -0.39 is 58.7 Å². The molecule has 7 aliphatic heterocycles. The van der Waals surface area contributed by atoms with Gasteiger partial charge in [0.1, 0.15) is 18.4 Å². The average Bonchev–Trinajstić information content (AvgIpc) is 3.67. The summed E-state index contributed by atoms with van der Waals surface area (Å²) in [6.07, 6.45) is 0.666. The number of methoxy groups -OCH3 is 2. The molecule has 2 N–H and O–H groups in total. The second-order valence-electron chi connectivity index (χ2n) is 15.2. The van der Waals surface area contributed by atoms with Crippen LogP contribution in [0.4, 0.5) is 0 Å². The van der Waals surface area contributed by atoms with E-state index in [0.717, 1.165) is 5.56 Å². The molecule has 2 aromatic rings. The van der Waals surface area contributed by atoms with Gasteiger partial charge < -0.3 is 33.5 Å². The summed E-state index contributed by atoms with van der Waals surface area (Å²) >= 11 is 1.39. The number of hydrogen-bond donors (Lipinski definition) is 2. The Hall–Kier alpha value is -5.08. The van der Waals surface area contributed by atoms with E-state index in [1.54, 1.807) is 26.0 Å². The van der Waals surface area contributed by atoms with Crippen molar-refractivity contribution in [1.82, 2.24) is 15.1 Å². The van der Waals surface area contributed by atoms with Crippen LogP contribution in [0.5, 0.6) is 28.7 Å². The van der Waals surface area contributed by atoms with E-state index in [0.29, 0.717) is 57.9 Å². The molecule has 8 aliphatic rings. The van der Waals surface area contributed by atoms with Crippen LogP contribution >= 0.6 is 11.8 Å². The van der Waals surface area contributed by atoms with Crippen LogP contribution in [0.25, 0.3) is 0 Å². The van der Waals surface area contributed by atoms with Crippen molar-refractivity contribution in [2.45, 2.75) is 74.6 Å². The second-order valence-corrected chi connectivity index (χ2v) is 16.3. The summed E-state index contributed by atoms with van der Waals surface area (Å²) in [4.78, 5) is 60.3. The highest BCUT2D eigenvalue weighted by atomic mass is 32.2. The molecule has 4 bridgehead atoms. The van der Waals surface area contributed by atoms with Gasteiger partial charge in [0.25, 0.3) is 0 Å². The number of carbonyl (C=O) groups excluding carboxylic acids is 4. The predicted molar refractivity (Wildman–Crippen MR) is 197 cm³/mol. The quantitative estimate of drug-likeness (QED) is 0.263. The summed E-state index contributed by atoms with van der Waals surface area (Å²) in [5, 5.41) is 24.6. The average molecular weight is 785 g/mol. The van der Waals surface area contributed by atoms with Crippen molar-refractivity contribution in [2.75, 3.05) is 47.0 Å². The first-order valence-electron chi connectivity index (χ1n) is 18.4. The second kappa shape index (κ2) is 13.0. The molecule has 7 heterocycles. The number of esters is 2. The lowest BCUT2D eigenvalue weighted by molar-refractivity contribution is -0.157. The third kappa shape index (κ3) is 4.80. The number of rotatable bonds is 3. The van der Waals surface area contributed by atoms with Gasteiger partial charge in [-0.2, -0.15) is 5.26 Å². The molecule has 16 heteroatoms. The topological polar surface area (TPSA) is 186 Å². The molecule has 1 unspecified atom stereocenters. The van der Waals surface area contributed by atoms with Crippen LogP contribution in [-0.4, -0.2) is 110 Å². The molecule has 0 radical (unpaired) electrons. The largest absolute Gasteiger partial charge is 0.504 e. The van der Waals surface area contributed by atoms with E-state index in [9.17, 15) is 29.5 Å². The molecule has 1 aliphatic carbocycles. The van der Waals surface area contributed by atoms with Gasteiger partial charge in [-0.3, -0.25) is 29.5 Å². The number of hydrogen-bond acceptors (Lipinski definition) is 16. The van der Waals surface area contributed by atoms with E-state index in [1.165, 1.54) is 32.9 Å². The zero-order valence-corrected chi connectivity index (χ0v) is 32.5. The highest BCUT2D eigenvalue weighted by molar-refractivity contribution is 7.99. The Morgan fingerprint density at radius 3 is 2.57 bits per heavy atom. The Balaban J connectivity index is 1.33. The summed E-state index contributed by atoms with van der Waals surface area (Å²) in [5.41, 5.74) is 2.47. The molecule has 2 saturated heterocycles. The number of allylic oxidation sites excluding steroid dienone is 2. The van der Waals surface area contributed by atoms with Crippen molar-refractivity contribution in [3.8, 4) is 34.8 Å². The molecular weight excluding hydrogens is 745 g/mol. The number of piperazine rings is 1. The number of ketones is 2. The molecule has 15 nitrogen and oxygen atoms in total. The van der Waals surface area contributed by atoms with Crippen LogP contribution in [0.3, 0.4) is 0 Å². The van der Waals surface area contributed by atoms with Crippen LogP contribution in [0, 0.1) is 18.3 Å². The Morgan fingerprint density at radius 2 is 1.86 bits per heavy atom. The number of benzene rings is 2. The summed E-state index contributed by atoms with van der Waals surface area (Å²) in [5.74, 6) is -0.609. The molecule has 1 spiro atoms. The van der Waals surface area contributed by atoms with Gasteiger partial charge in [-0.05, 0) is 57.0 Å². The van der Waals surface area contributed by atoms with Gasteiger partial charge in [0.2, 0.25) is 12.6 Å². The molecule has 56 heavy (non-hydrogen) atoms. The van der Waals surface area contributed by atoms with Gasteiger partial charge in [-0.25, -0.2) is 4.79 Å². The van der Waals surface area contributed by atoms with Crippen LogP contribution in [0.1, 0.15) is 59.4 Å². The first kappa shape index (κ1) is 36.6. The van der Waals surface area contributed by atoms with Gasteiger partial charge >= 0.3 is 11.9 Å². The molecule has 0 saturated carbocycles. The van der Waals surface area contributed by atoms with E-state index in [-0.39, 0.29) is 59.9 Å². The van der Waals surface area contributed by atoms with Crippen molar-refractivity contribution in [3.05, 3.63) is 62.4 Å². The SMILES string of the molecule is COC1=C(C)C(=O)C2=C(C1=O)[C@@H]1C3[C@@H]4SC[C@]5(NCCc6cc(O)c(OC)cc65)C(=O)OC[C@@H](c5c6c(c(C)c(OC(C)=O)c54)OCO6)N3[C@@H](C#N)[C@H](C2)N1C. The van der Waals surface area contributed by atoms with Crippen LogP contribution < -0.4 is 24.3 Å². The number of carbonyl (C=O) groups is 4. The summed E-state index contributed by atoms with van der Waals surface area (Å²) < 4.78 is 35.7. The fraction of sp³-hybridized carbons (Fsp3) is 0.475. The lowest BCUT2D eigenvalue weighted by Gasteiger charge is -2.62. The smallest absolute Gasteiger partial charge is 0.331 e. The van der Waals surface area contributed by atoms with Gasteiger partial charge in [0, 0.05) is 64.7 Å². The monoisotopic (exact) mass is 784 g/mol. The normalized spacial score (nSPS) is 30.6. The molecule has 0 amide bonds. The van der Waals surface area contributed by atoms with E-state index in [1.807, 2.05) is 16.8 Å². The minimum Gasteiger partial charge on any atom is -0.504 e. The van der Waals surface area contributed by atoms with E-state index in [4.69, 9.17) is 28.4 Å². The summed E-state index contributed by atoms with van der Waals surface area (Å²) in [7, 11) is 4.67. The zero-order chi connectivity index (χ0) is 39.5. The number of aromatic hydroxyl groups is 1. The standard InChI is InChI=1S/C40H40N4O11S/c1-16-32(47)20-10-22-23(12-41)44-24-13-52-39(49)40(21-11-26(50-5)25(46)9-19(21)7-8-42-40)14-56-38(31(44)30(43(22)4)27(20)33(48)35(16)51-6)29-28(24)37-36(53-15-54-37)17(2)34(29)55-18(3)45/h9,11,22-24,30-31,38,42,46H,7-8,10,13-15H2,1-6H3/t22-,23-,24-,30+,31?,38+,40+/m0/s1. The Bertz CT molecular complexity index is 2280. The molecule has 2 fully saturated rings. The minimum absolute atomic E-state index is 0.0273. The fourth-order valence-electron chi connectivity index (χ4n) is 10.2. The molecular formula is C40H40N4O11S. The number of phenolic OH excluding ortho intramolecular Hbond substituents is 1. The maximum atomic E-state index is 14.7. The first-order chi connectivity index (χ1) is 26.9. The Kier molecular flexibility index (Phi) is 8.48. The number of nitrogens with one attached hydrogen (secondary N) is 1. The van der Waals surface area contributed by atoms with Crippen molar-refractivity contribution < 1.29 is 52.7 Å². The number of fused-ring (bicyclic) bond motifs is 8. The summed E-state index contributed by atoms with van der Waals surface area (Å²) in [6.45, 7) is 4.71. The summed E-state index contributed by atoms with van der Waals surface area (Å²) in [6, 6.07) is 2.11. The highest BCUT2D eigenvalue weighted by Crippen LogP contribution is 2.63. The number of ether oxygens (including phenoxy) is 6. The first-order valence-corrected chi connectivity index (χ1v) is 19.5. The van der Waals surface area contributed by atoms with Crippen LogP contribution in [0.15, 0.2) is 34.6 Å². The van der Waals surface area contributed by atoms with Gasteiger partial charge in [0.05, 0.1) is 37.6 Å². The highest BCUT2D eigenvalue weighted by Gasteiger charge is 2.63. The van der Waals surface area contributed by atoms with Crippen molar-refractivity contribution >= 4 is 35.3 Å². The number of nitriles is 1. The van der Waals surface area contributed by atoms with E-state index in [2.05, 4.69) is 11.4 Å². The molecule has 10 rings (SSSR count). The Labute approximate surface area is 326 Å². The van der Waals surface area contributed by atoms with Crippen LogP contribution in [-0.2, 0) is 40.6 Å². The fourth-order valence-corrected chi connectivity index (χ4v) is 11.9. The zero-order valence-electron chi connectivity index (χ0n) is 31.6. The van der Waals surface area contributed by atoms with Crippen LogP contribution in [0.2, 0.25) is 0 Å². The number of nitrogens with zero attached hydrogens (tertiary/aromatic N) is 3. The maximum Gasteiger partial charge on any atom is 0.331 e. The third-order valence-electron chi connectivity index (χ3n) is 12.6. The minimum atomic E-state index is -1.43. The lowest BCUT2D eigenvalue weighted by atomic mass is 9.68. The molecule has 2 aromatic carbocycles. The predicted octanol–water partition coefficient (Wildman–Crippen LogP) is 2.81. The lowest BCUT2D eigenvalue weighted by Crippen LogP contribution is -2.73.